The molecule has 2 aromatic carbocycles. The van der Waals surface area contributed by atoms with Gasteiger partial charge in [0.1, 0.15) is 0 Å². The molecule has 2 heterocycles. The summed E-state index contributed by atoms with van der Waals surface area (Å²) in [5.41, 5.74) is 4.00. The van der Waals surface area contributed by atoms with Gasteiger partial charge >= 0.3 is 5.97 Å². The number of methoxy groups -OCH3 is 1. The van der Waals surface area contributed by atoms with Crippen molar-refractivity contribution >= 4 is 23.4 Å². The molecule has 0 bridgehead atoms. The average molecular weight is 461 g/mol. The molecule has 1 aliphatic rings. The number of benzene rings is 2. The number of hydrogen-bond donors (Lipinski definition) is 0. The maximum absolute atomic E-state index is 13.6. The van der Waals surface area contributed by atoms with Crippen LogP contribution in [0.15, 0.2) is 75.7 Å². The van der Waals surface area contributed by atoms with Gasteiger partial charge in [-0.25, -0.2) is 9.79 Å². The first-order valence-electron chi connectivity index (χ1n) is 11.0. The first kappa shape index (κ1) is 22.9. The maximum atomic E-state index is 13.6. The lowest BCUT2D eigenvalue weighted by molar-refractivity contribution is -0.136. The predicted octanol–water partition coefficient (Wildman–Crippen LogP) is 4.10. The van der Waals surface area contributed by atoms with E-state index in [1.807, 2.05) is 55.5 Å². The molecular formula is C27H28N2O3S. The molecule has 0 unspecified atom stereocenters. The number of fused-ring (bicyclic) bond motifs is 1. The molecule has 1 atom stereocenters. The lowest BCUT2D eigenvalue weighted by Gasteiger charge is -2.25. The third-order valence-electron chi connectivity index (χ3n) is 5.84. The molecule has 4 rings (SSSR count). The highest BCUT2D eigenvalue weighted by atomic mass is 32.1. The number of carbonyl (C=O) groups is 1. The van der Waals surface area contributed by atoms with E-state index in [1.165, 1.54) is 24.0 Å². The second-order valence-corrected chi connectivity index (χ2v) is 10.1. The van der Waals surface area contributed by atoms with Crippen molar-refractivity contribution in [1.82, 2.24) is 4.57 Å². The average Bonchev–Trinajstić information content (AvgIpc) is 3.12. The van der Waals surface area contributed by atoms with Gasteiger partial charge in [0.05, 0.1) is 29.0 Å². The van der Waals surface area contributed by atoms with Gasteiger partial charge in [0.2, 0.25) is 0 Å². The van der Waals surface area contributed by atoms with Crippen LogP contribution < -0.4 is 14.9 Å². The summed E-state index contributed by atoms with van der Waals surface area (Å²) >= 11 is 1.35. The normalized spacial score (nSPS) is 16.4. The van der Waals surface area contributed by atoms with E-state index in [0.29, 0.717) is 27.0 Å². The monoisotopic (exact) mass is 460 g/mol. The van der Waals surface area contributed by atoms with Crippen molar-refractivity contribution < 1.29 is 9.53 Å². The van der Waals surface area contributed by atoms with Crippen molar-refractivity contribution in [3.63, 3.8) is 0 Å². The molecule has 0 amide bonds. The molecule has 0 radical (unpaired) electrons. The van der Waals surface area contributed by atoms with Gasteiger partial charge in [-0.1, -0.05) is 93.6 Å². The van der Waals surface area contributed by atoms with Crippen LogP contribution in [-0.2, 0) is 14.9 Å². The van der Waals surface area contributed by atoms with Crippen LogP contribution >= 0.6 is 11.3 Å². The summed E-state index contributed by atoms with van der Waals surface area (Å²) in [4.78, 5) is 31.7. The Hall–Kier alpha value is -3.25. The van der Waals surface area contributed by atoms with Gasteiger partial charge in [-0.2, -0.15) is 0 Å². The van der Waals surface area contributed by atoms with Crippen molar-refractivity contribution in [3.8, 4) is 0 Å². The van der Waals surface area contributed by atoms with Crippen LogP contribution in [0.4, 0.5) is 0 Å². The summed E-state index contributed by atoms with van der Waals surface area (Å²) in [6, 6.07) is 17.3. The van der Waals surface area contributed by atoms with E-state index in [9.17, 15) is 9.59 Å². The molecule has 1 aromatic heterocycles. The van der Waals surface area contributed by atoms with Gasteiger partial charge in [0.25, 0.3) is 5.56 Å². The van der Waals surface area contributed by atoms with E-state index < -0.39 is 12.0 Å². The number of carbonyl (C=O) groups excluding carboxylic acids is 1. The van der Waals surface area contributed by atoms with Crippen molar-refractivity contribution in [1.29, 1.82) is 0 Å². The topological polar surface area (TPSA) is 60.7 Å². The molecular weight excluding hydrogens is 432 g/mol. The minimum Gasteiger partial charge on any atom is -0.466 e. The van der Waals surface area contributed by atoms with Crippen LogP contribution in [0.1, 0.15) is 56.8 Å². The van der Waals surface area contributed by atoms with Gasteiger partial charge in [-0.05, 0) is 34.6 Å². The third-order valence-corrected chi connectivity index (χ3v) is 6.82. The Kier molecular flexibility index (Phi) is 6.21. The number of nitrogens with zero attached hydrogens (tertiary/aromatic N) is 2. The Morgan fingerprint density at radius 1 is 1.12 bits per heavy atom. The molecule has 0 aliphatic carbocycles. The second kappa shape index (κ2) is 8.94. The quantitative estimate of drug-likeness (QED) is 0.551. The molecule has 1 aliphatic heterocycles. The van der Waals surface area contributed by atoms with Crippen molar-refractivity contribution in [3.05, 3.63) is 102 Å². The highest BCUT2D eigenvalue weighted by Gasteiger charge is 2.33. The van der Waals surface area contributed by atoms with E-state index in [1.54, 1.807) is 4.57 Å². The molecule has 0 N–H and O–H groups in total. The molecule has 0 saturated carbocycles. The molecule has 3 aromatic rings. The first-order chi connectivity index (χ1) is 15.7. The fourth-order valence-corrected chi connectivity index (χ4v) is 5.07. The maximum Gasteiger partial charge on any atom is 0.338 e. The molecule has 5 nitrogen and oxygen atoms in total. The van der Waals surface area contributed by atoms with Gasteiger partial charge in [-0.3, -0.25) is 9.36 Å². The summed E-state index contributed by atoms with van der Waals surface area (Å²) < 4.78 is 7.30. The summed E-state index contributed by atoms with van der Waals surface area (Å²) in [5, 5.41) is 0. The Morgan fingerprint density at radius 3 is 2.36 bits per heavy atom. The summed E-state index contributed by atoms with van der Waals surface area (Å²) in [6.45, 7) is 8.48. The Morgan fingerprint density at radius 2 is 1.79 bits per heavy atom. The fraction of sp³-hybridized carbons (Fsp3) is 0.296. The van der Waals surface area contributed by atoms with Crippen molar-refractivity contribution in [2.24, 2.45) is 4.99 Å². The number of aromatic nitrogens is 1. The standard InChI is InChI=1S/C27H28N2O3S/c1-6-20-22(25(31)32-5)23(18-10-8-7-9-11-18)29-24(30)21(33-26(29)28-20)16-17-12-14-19(15-13-17)27(2,3)4/h7-16,23H,6H2,1-5H3/b21-16-/t23-/m0/s1. The van der Waals surface area contributed by atoms with E-state index >= 15 is 0 Å². The van der Waals surface area contributed by atoms with Crippen LogP contribution in [0.2, 0.25) is 0 Å². The fourth-order valence-electron chi connectivity index (χ4n) is 4.05. The SMILES string of the molecule is CCC1=C(C(=O)OC)[C@H](c2ccccc2)n2c(s/c(=C\c3ccc(C(C)(C)C)cc3)c2=O)=N1. The van der Waals surface area contributed by atoms with Crippen LogP contribution in [0.3, 0.4) is 0 Å². The number of allylic oxidation sites excluding steroid dienone is 1. The predicted molar refractivity (Wildman–Crippen MR) is 132 cm³/mol. The summed E-state index contributed by atoms with van der Waals surface area (Å²) in [6.07, 6.45) is 2.46. The highest BCUT2D eigenvalue weighted by Crippen LogP contribution is 2.31. The molecule has 0 fully saturated rings. The zero-order chi connectivity index (χ0) is 23.8. The van der Waals surface area contributed by atoms with Gasteiger partial charge in [0.15, 0.2) is 4.80 Å². The number of hydrogen-bond acceptors (Lipinski definition) is 5. The van der Waals surface area contributed by atoms with Gasteiger partial charge in [0, 0.05) is 0 Å². The molecule has 0 spiro atoms. The zero-order valence-electron chi connectivity index (χ0n) is 19.6. The Bertz CT molecular complexity index is 1390. The van der Waals surface area contributed by atoms with Crippen LogP contribution in [0.5, 0.6) is 0 Å². The molecule has 170 valence electrons. The van der Waals surface area contributed by atoms with E-state index in [4.69, 9.17) is 9.73 Å². The number of rotatable bonds is 4. The number of esters is 1. The smallest absolute Gasteiger partial charge is 0.338 e. The van der Waals surface area contributed by atoms with Crippen molar-refractivity contribution in [2.45, 2.75) is 45.6 Å². The molecule has 6 heteroatoms. The Labute approximate surface area is 197 Å². The van der Waals surface area contributed by atoms with Crippen LogP contribution in [0.25, 0.3) is 6.08 Å². The van der Waals surface area contributed by atoms with Crippen LogP contribution in [-0.4, -0.2) is 17.6 Å². The first-order valence-corrected chi connectivity index (χ1v) is 11.8. The number of thiazole rings is 1. The van der Waals surface area contributed by atoms with Gasteiger partial charge in [-0.15, -0.1) is 0 Å². The Balaban J connectivity index is 1.92. The summed E-state index contributed by atoms with van der Waals surface area (Å²) in [5.74, 6) is -0.462. The lowest BCUT2D eigenvalue weighted by Crippen LogP contribution is -2.40. The lowest BCUT2D eigenvalue weighted by atomic mass is 9.87. The minimum atomic E-state index is -0.574. The van der Waals surface area contributed by atoms with E-state index in [2.05, 4.69) is 32.9 Å². The molecule has 33 heavy (non-hydrogen) atoms. The minimum absolute atomic E-state index is 0.0639. The van der Waals surface area contributed by atoms with Gasteiger partial charge < -0.3 is 4.74 Å². The molecule has 0 saturated heterocycles. The largest absolute Gasteiger partial charge is 0.466 e. The van der Waals surface area contributed by atoms with Crippen LogP contribution in [0, 0.1) is 0 Å². The highest BCUT2D eigenvalue weighted by molar-refractivity contribution is 7.07. The van der Waals surface area contributed by atoms with E-state index in [0.717, 1.165) is 11.1 Å². The van der Waals surface area contributed by atoms with Crippen molar-refractivity contribution in [2.75, 3.05) is 7.11 Å². The zero-order valence-corrected chi connectivity index (χ0v) is 20.4. The summed E-state index contributed by atoms with van der Waals surface area (Å²) in [7, 11) is 1.36. The third kappa shape index (κ3) is 4.35. The van der Waals surface area contributed by atoms with E-state index in [-0.39, 0.29) is 11.0 Å². The number of ether oxygens (including phenoxy) is 1. The second-order valence-electron chi connectivity index (χ2n) is 9.07.